The second kappa shape index (κ2) is 6.35. The lowest BCUT2D eigenvalue weighted by Crippen LogP contribution is -2.36. The summed E-state index contributed by atoms with van der Waals surface area (Å²) in [6, 6.07) is 0. The lowest BCUT2D eigenvalue weighted by atomic mass is 9.78. The number of rotatable bonds is 7. The summed E-state index contributed by atoms with van der Waals surface area (Å²) >= 11 is 0. The summed E-state index contributed by atoms with van der Waals surface area (Å²) in [6.45, 7) is 3.02. The molecule has 0 radical (unpaired) electrons. The monoisotopic (exact) mass is 206 g/mol. The van der Waals surface area contributed by atoms with Crippen LogP contribution >= 0.6 is 0 Å². The lowest BCUT2D eigenvalue weighted by Gasteiger charge is -2.32. The second-order valence-electron chi connectivity index (χ2n) is 4.14. The molecule has 0 saturated carbocycles. The van der Waals surface area contributed by atoms with Crippen LogP contribution < -0.4 is 0 Å². The maximum Gasteiger partial charge on any atom is 0.0544 e. The van der Waals surface area contributed by atoms with Crippen LogP contribution in [0.15, 0.2) is 0 Å². The SMILES string of the molecule is CCC(O)CC(CO)(CO)CC(C)O. The van der Waals surface area contributed by atoms with Gasteiger partial charge in [-0.1, -0.05) is 6.92 Å². The van der Waals surface area contributed by atoms with E-state index in [-0.39, 0.29) is 13.2 Å². The maximum atomic E-state index is 9.46. The van der Waals surface area contributed by atoms with E-state index in [0.29, 0.717) is 19.3 Å². The standard InChI is InChI=1S/C10H22O4/c1-3-9(14)5-10(6-11,7-12)4-8(2)13/h8-9,11-14H,3-7H2,1-2H3. The Morgan fingerprint density at radius 3 is 1.86 bits per heavy atom. The minimum absolute atomic E-state index is 0.217. The van der Waals surface area contributed by atoms with Crippen molar-refractivity contribution in [1.29, 1.82) is 0 Å². The van der Waals surface area contributed by atoms with Gasteiger partial charge in [-0.3, -0.25) is 0 Å². The summed E-state index contributed by atoms with van der Waals surface area (Å²) in [7, 11) is 0. The van der Waals surface area contributed by atoms with Gasteiger partial charge in [-0.15, -0.1) is 0 Å². The first-order valence-corrected chi connectivity index (χ1v) is 5.07. The summed E-state index contributed by atoms with van der Waals surface area (Å²) in [5.41, 5.74) is -0.760. The van der Waals surface area contributed by atoms with Crippen molar-refractivity contribution in [3.63, 3.8) is 0 Å². The number of aliphatic hydroxyl groups excluding tert-OH is 4. The molecule has 4 nitrogen and oxygen atoms in total. The molecule has 14 heavy (non-hydrogen) atoms. The van der Waals surface area contributed by atoms with Crippen molar-refractivity contribution in [2.24, 2.45) is 5.41 Å². The molecule has 86 valence electrons. The smallest absolute Gasteiger partial charge is 0.0544 e. The Balaban J connectivity index is 4.36. The van der Waals surface area contributed by atoms with E-state index in [2.05, 4.69) is 0 Å². The number of hydrogen-bond donors (Lipinski definition) is 4. The molecule has 0 heterocycles. The molecule has 4 heteroatoms. The van der Waals surface area contributed by atoms with Crippen LogP contribution in [0.4, 0.5) is 0 Å². The quantitative estimate of drug-likeness (QED) is 0.468. The molecule has 0 aliphatic carbocycles. The average molecular weight is 206 g/mol. The normalized spacial score (nSPS) is 16.7. The molecule has 0 aromatic heterocycles. The minimum Gasteiger partial charge on any atom is -0.396 e. The summed E-state index contributed by atoms with van der Waals surface area (Å²) in [6.07, 6.45) is 0.0893. The third kappa shape index (κ3) is 4.37. The van der Waals surface area contributed by atoms with Gasteiger partial charge in [-0.05, 0) is 26.2 Å². The largest absolute Gasteiger partial charge is 0.396 e. The predicted octanol–water partition coefficient (Wildman–Crippen LogP) is -0.111. The van der Waals surface area contributed by atoms with Gasteiger partial charge >= 0.3 is 0 Å². The highest BCUT2D eigenvalue weighted by Gasteiger charge is 2.32. The fourth-order valence-electron chi connectivity index (χ4n) is 1.66. The molecular weight excluding hydrogens is 184 g/mol. The topological polar surface area (TPSA) is 80.9 Å². The Kier molecular flexibility index (Phi) is 6.27. The van der Waals surface area contributed by atoms with Gasteiger partial charge in [0.2, 0.25) is 0 Å². The van der Waals surface area contributed by atoms with Gasteiger partial charge in [-0.25, -0.2) is 0 Å². The van der Waals surface area contributed by atoms with E-state index < -0.39 is 17.6 Å². The summed E-state index contributed by atoms with van der Waals surface area (Å²) in [5.74, 6) is 0. The zero-order valence-electron chi connectivity index (χ0n) is 8.98. The molecule has 0 saturated heterocycles. The third-order valence-electron chi connectivity index (χ3n) is 2.54. The van der Waals surface area contributed by atoms with E-state index in [0.717, 1.165) is 0 Å². The Morgan fingerprint density at radius 1 is 1.07 bits per heavy atom. The molecule has 0 fully saturated rings. The summed E-state index contributed by atoms with van der Waals surface area (Å²) in [4.78, 5) is 0. The molecule has 0 aliphatic rings. The van der Waals surface area contributed by atoms with Crippen molar-refractivity contribution in [3.05, 3.63) is 0 Å². The van der Waals surface area contributed by atoms with E-state index in [1.54, 1.807) is 6.92 Å². The van der Waals surface area contributed by atoms with Crippen LogP contribution in [-0.4, -0.2) is 45.8 Å². The van der Waals surface area contributed by atoms with Gasteiger partial charge in [0.25, 0.3) is 0 Å². The molecule has 0 aromatic rings. The van der Waals surface area contributed by atoms with Crippen LogP contribution in [0, 0.1) is 5.41 Å². The molecule has 2 unspecified atom stereocenters. The van der Waals surface area contributed by atoms with Crippen LogP contribution in [0.25, 0.3) is 0 Å². The third-order valence-corrected chi connectivity index (χ3v) is 2.54. The van der Waals surface area contributed by atoms with Crippen LogP contribution in [0.5, 0.6) is 0 Å². The average Bonchev–Trinajstić information content (AvgIpc) is 2.15. The van der Waals surface area contributed by atoms with Crippen molar-refractivity contribution >= 4 is 0 Å². The predicted molar refractivity (Wildman–Crippen MR) is 53.8 cm³/mol. The van der Waals surface area contributed by atoms with Gasteiger partial charge in [-0.2, -0.15) is 0 Å². The van der Waals surface area contributed by atoms with Crippen molar-refractivity contribution in [2.45, 2.75) is 45.3 Å². The van der Waals surface area contributed by atoms with Gasteiger partial charge in [0, 0.05) is 5.41 Å². The number of hydrogen-bond acceptors (Lipinski definition) is 4. The van der Waals surface area contributed by atoms with E-state index in [1.165, 1.54) is 0 Å². The molecule has 0 aromatic carbocycles. The van der Waals surface area contributed by atoms with Crippen molar-refractivity contribution in [1.82, 2.24) is 0 Å². The Labute approximate surface area is 85.2 Å². The Bertz CT molecular complexity index is 143. The molecule has 0 spiro atoms. The maximum absolute atomic E-state index is 9.46. The molecular formula is C10H22O4. The van der Waals surface area contributed by atoms with E-state index in [1.807, 2.05) is 6.92 Å². The van der Waals surface area contributed by atoms with E-state index >= 15 is 0 Å². The highest BCUT2D eigenvalue weighted by atomic mass is 16.3. The zero-order chi connectivity index (χ0) is 11.2. The van der Waals surface area contributed by atoms with Gasteiger partial charge < -0.3 is 20.4 Å². The summed E-state index contributed by atoms with van der Waals surface area (Å²) in [5, 5.41) is 37.1. The van der Waals surface area contributed by atoms with Crippen LogP contribution in [0.2, 0.25) is 0 Å². The van der Waals surface area contributed by atoms with Gasteiger partial charge in [0.15, 0.2) is 0 Å². The highest BCUT2D eigenvalue weighted by Crippen LogP contribution is 2.29. The number of aliphatic hydroxyl groups is 4. The Hall–Kier alpha value is -0.160. The fourth-order valence-corrected chi connectivity index (χ4v) is 1.66. The van der Waals surface area contributed by atoms with Crippen molar-refractivity contribution in [3.8, 4) is 0 Å². The Morgan fingerprint density at radius 2 is 1.57 bits per heavy atom. The van der Waals surface area contributed by atoms with E-state index in [4.69, 9.17) is 0 Å². The molecule has 0 bridgehead atoms. The lowest BCUT2D eigenvalue weighted by molar-refractivity contribution is -0.0243. The van der Waals surface area contributed by atoms with Gasteiger partial charge in [0.05, 0.1) is 25.4 Å². The molecule has 0 aliphatic heterocycles. The summed E-state index contributed by atoms with van der Waals surface area (Å²) < 4.78 is 0. The van der Waals surface area contributed by atoms with Crippen molar-refractivity contribution in [2.75, 3.05) is 13.2 Å². The van der Waals surface area contributed by atoms with Gasteiger partial charge in [0.1, 0.15) is 0 Å². The molecule has 0 rings (SSSR count). The fraction of sp³-hybridized carbons (Fsp3) is 1.00. The molecule has 2 atom stereocenters. The molecule has 4 N–H and O–H groups in total. The first-order valence-electron chi connectivity index (χ1n) is 5.07. The first kappa shape index (κ1) is 13.8. The zero-order valence-corrected chi connectivity index (χ0v) is 8.98. The molecule has 0 amide bonds. The van der Waals surface area contributed by atoms with Crippen LogP contribution in [-0.2, 0) is 0 Å². The highest BCUT2D eigenvalue weighted by molar-refractivity contribution is 4.82. The van der Waals surface area contributed by atoms with Crippen LogP contribution in [0.3, 0.4) is 0 Å². The minimum atomic E-state index is -0.760. The second-order valence-corrected chi connectivity index (χ2v) is 4.14. The van der Waals surface area contributed by atoms with Crippen LogP contribution in [0.1, 0.15) is 33.1 Å². The van der Waals surface area contributed by atoms with Crippen molar-refractivity contribution < 1.29 is 20.4 Å². The van der Waals surface area contributed by atoms with E-state index in [9.17, 15) is 20.4 Å². The first-order chi connectivity index (χ1) is 6.49.